The fourth-order valence-electron chi connectivity index (χ4n) is 1.36. The van der Waals surface area contributed by atoms with E-state index in [1.165, 1.54) is 5.56 Å². The molecular formula is C14H16N2V. The maximum absolute atomic E-state index is 4.26. The summed E-state index contributed by atoms with van der Waals surface area (Å²) in [6.45, 7) is 9.98. The molecule has 0 aliphatic rings. The summed E-state index contributed by atoms with van der Waals surface area (Å²) in [5.74, 6) is 0. The van der Waals surface area contributed by atoms with Crippen molar-refractivity contribution in [1.82, 2.24) is 9.97 Å². The minimum absolute atomic E-state index is 0. The molecule has 2 heterocycles. The van der Waals surface area contributed by atoms with Crippen molar-refractivity contribution >= 4 is 0 Å². The van der Waals surface area contributed by atoms with E-state index in [0.717, 1.165) is 17.0 Å². The second-order valence-electron chi connectivity index (χ2n) is 3.37. The average molecular weight is 263 g/mol. The van der Waals surface area contributed by atoms with E-state index < -0.39 is 0 Å². The number of nitrogens with zero attached hydrogens (tertiary/aromatic N) is 2. The summed E-state index contributed by atoms with van der Waals surface area (Å²) in [6, 6.07) is 8.16. The number of rotatable bonds is 1. The van der Waals surface area contributed by atoms with Gasteiger partial charge >= 0.3 is 0 Å². The van der Waals surface area contributed by atoms with Gasteiger partial charge in [0.25, 0.3) is 0 Å². The smallest absolute Gasteiger partial charge is 0.0378 e. The van der Waals surface area contributed by atoms with Crippen LogP contribution >= 0.6 is 0 Å². The Morgan fingerprint density at radius 2 is 1.59 bits per heavy atom. The Labute approximate surface area is 115 Å². The first-order chi connectivity index (χ1) is 7.75. The fourth-order valence-corrected chi connectivity index (χ4v) is 1.36. The number of aryl methyl sites for hydroxylation is 2. The predicted molar refractivity (Wildman–Crippen MR) is 68.2 cm³/mol. The van der Waals surface area contributed by atoms with Gasteiger partial charge in [-0.2, -0.15) is 0 Å². The zero-order valence-corrected chi connectivity index (χ0v) is 11.6. The van der Waals surface area contributed by atoms with Crippen LogP contribution in [0.2, 0.25) is 0 Å². The Morgan fingerprint density at radius 1 is 0.882 bits per heavy atom. The third-order valence-corrected chi connectivity index (χ3v) is 2.14. The molecule has 0 saturated carbocycles. The molecule has 0 saturated heterocycles. The molecule has 1 radical (unpaired) electrons. The van der Waals surface area contributed by atoms with Crippen LogP contribution in [-0.4, -0.2) is 9.97 Å². The van der Waals surface area contributed by atoms with E-state index in [-0.39, 0.29) is 18.6 Å². The van der Waals surface area contributed by atoms with Gasteiger partial charge in [-0.05, 0) is 37.6 Å². The molecule has 0 amide bonds. The maximum Gasteiger partial charge on any atom is 0.0378 e. The number of hydrogen-bond donors (Lipinski definition) is 0. The van der Waals surface area contributed by atoms with Crippen LogP contribution in [0.15, 0.2) is 49.8 Å². The summed E-state index contributed by atoms with van der Waals surface area (Å²) in [7, 11) is 0. The van der Waals surface area contributed by atoms with Gasteiger partial charge in [0.05, 0.1) is 0 Å². The van der Waals surface area contributed by atoms with E-state index in [0.29, 0.717) is 0 Å². The standard InChI is InChI=1S/C12H12N2.C2H4.V/c1-9-3-4-12(8-14-9)11-5-6-13-10(2)7-11;1-2;/h3-8H,1-2H3;1-2H2;. The van der Waals surface area contributed by atoms with Crippen LogP contribution in [0.4, 0.5) is 0 Å². The van der Waals surface area contributed by atoms with Crippen LogP contribution in [-0.2, 0) is 18.6 Å². The van der Waals surface area contributed by atoms with E-state index in [2.05, 4.69) is 35.3 Å². The van der Waals surface area contributed by atoms with Gasteiger partial charge in [0, 0.05) is 47.9 Å². The van der Waals surface area contributed by atoms with E-state index >= 15 is 0 Å². The van der Waals surface area contributed by atoms with E-state index in [9.17, 15) is 0 Å². The molecule has 2 rings (SSSR count). The largest absolute Gasteiger partial charge is 0.262 e. The molecule has 0 aliphatic carbocycles. The minimum Gasteiger partial charge on any atom is -0.262 e. The number of aromatic nitrogens is 2. The Kier molecular flexibility index (Phi) is 7.19. The van der Waals surface area contributed by atoms with Crippen molar-refractivity contribution < 1.29 is 18.6 Å². The summed E-state index contributed by atoms with van der Waals surface area (Å²) in [6.07, 6.45) is 3.72. The van der Waals surface area contributed by atoms with Gasteiger partial charge in [-0.25, -0.2) is 0 Å². The minimum atomic E-state index is 0. The first kappa shape index (κ1) is 15.6. The molecule has 0 aromatic carbocycles. The third-order valence-electron chi connectivity index (χ3n) is 2.14. The van der Waals surface area contributed by atoms with Gasteiger partial charge in [0.15, 0.2) is 0 Å². The Balaban J connectivity index is 0.000000811. The Morgan fingerprint density at radius 3 is 2.12 bits per heavy atom. The van der Waals surface area contributed by atoms with E-state index in [1.54, 1.807) is 0 Å². The van der Waals surface area contributed by atoms with Crippen molar-refractivity contribution in [3.63, 3.8) is 0 Å². The zero-order valence-electron chi connectivity index (χ0n) is 10.2. The van der Waals surface area contributed by atoms with Gasteiger partial charge in [-0.1, -0.05) is 6.07 Å². The molecule has 0 aliphatic heterocycles. The molecule has 87 valence electrons. The molecule has 0 fully saturated rings. The van der Waals surface area contributed by atoms with Gasteiger partial charge in [-0.3, -0.25) is 9.97 Å². The van der Waals surface area contributed by atoms with Crippen molar-refractivity contribution in [3.8, 4) is 11.1 Å². The summed E-state index contributed by atoms with van der Waals surface area (Å²) < 4.78 is 0. The molecule has 0 N–H and O–H groups in total. The van der Waals surface area contributed by atoms with E-state index in [4.69, 9.17) is 0 Å². The fraction of sp³-hybridized carbons (Fsp3) is 0.143. The van der Waals surface area contributed by atoms with Gasteiger partial charge < -0.3 is 0 Å². The molecule has 17 heavy (non-hydrogen) atoms. The number of pyridine rings is 2. The summed E-state index contributed by atoms with van der Waals surface area (Å²) in [4.78, 5) is 8.43. The van der Waals surface area contributed by atoms with Crippen LogP contribution in [0, 0.1) is 13.8 Å². The predicted octanol–water partition coefficient (Wildman–Crippen LogP) is 3.56. The van der Waals surface area contributed by atoms with Crippen molar-refractivity contribution in [2.45, 2.75) is 13.8 Å². The molecule has 0 atom stereocenters. The Bertz CT molecular complexity index is 452. The first-order valence-corrected chi connectivity index (χ1v) is 5.11. The normalized spacial score (nSPS) is 8.59. The average Bonchev–Trinajstić information content (AvgIpc) is 2.32. The van der Waals surface area contributed by atoms with Crippen molar-refractivity contribution in [1.29, 1.82) is 0 Å². The molecule has 0 spiro atoms. The molecule has 2 aromatic rings. The van der Waals surface area contributed by atoms with Gasteiger partial charge in [0.2, 0.25) is 0 Å². The monoisotopic (exact) mass is 263 g/mol. The third kappa shape index (κ3) is 4.55. The van der Waals surface area contributed by atoms with Crippen LogP contribution < -0.4 is 0 Å². The number of hydrogen-bond acceptors (Lipinski definition) is 2. The zero-order chi connectivity index (χ0) is 12.0. The van der Waals surface area contributed by atoms with Gasteiger partial charge in [-0.15, -0.1) is 13.2 Å². The van der Waals surface area contributed by atoms with E-state index in [1.807, 2.05) is 38.4 Å². The van der Waals surface area contributed by atoms with Crippen LogP contribution in [0.3, 0.4) is 0 Å². The quantitative estimate of drug-likeness (QED) is 0.735. The van der Waals surface area contributed by atoms with Crippen LogP contribution in [0.1, 0.15) is 11.4 Å². The topological polar surface area (TPSA) is 25.8 Å². The van der Waals surface area contributed by atoms with Gasteiger partial charge in [0.1, 0.15) is 0 Å². The molecule has 3 heteroatoms. The van der Waals surface area contributed by atoms with Crippen LogP contribution in [0.5, 0.6) is 0 Å². The van der Waals surface area contributed by atoms with Crippen LogP contribution in [0.25, 0.3) is 11.1 Å². The summed E-state index contributed by atoms with van der Waals surface area (Å²) in [5, 5.41) is 0. The molecule has 0 bridgehead atoms. The summed E-state index contributed by atoms with van der Waals surface area (Å²) in [5.41, 5.74) is 4.38. The molecule has 2 nitrogen and oxygen atoms in total. The van der Waals surface area contributed by atoms with Crippen molar-refractivity contribution in [2.24, 2.45) is 0 Å². The SMILES string of the molecule is C=C.Cc1ccc(-c2ccnc(C)c2)cn1.[V]. The van der Waals surface area contributed by atoms with Crippen molar-refractivity contribution in [2.75, 3.05) is 0 Å². The van der Waals surface area contributed by atoms with Crippen molar-refractivity contribution in [3.05, 3.63) is 61.2 Å². The Hall–Kier alpha value is -1.38. The first-order valence-electron chi connectivity index (χ1n) is 5.11. The maximum atomic E-state index is 4.26. The molecule has 0 unspecified atom stereocenters. The molecular weight excluding hydrogens is 247 g/mol. The second kappa shape index (κ2) is 7.83. The summed E-state index contributed by atoms with van der Waals surface area (Å²) >= 11 is 0. The second-order valence-corrected chi connectivity index (χ2v) is 3.37. The molecule has 2 aromatic heterocycles.